The van der Waals surface area contributed by atoms with E-state index in [1.54, 1.807) is 16.8 Å². The number of benzene rings is 3. The van der Waals surface area contributed by atoms with Crippen LogP contribution in [0.1, 0.15) is 16.7 Å². The van der Waals surface area contributed by atoms with Gasteiger partial charge in [0.25, 0.3) is 0 Å². The highest BCUT2D eigenvalue weighted by Crippen LogP contribution is 2.46. The molecule has 3 aromatic rings. The van der Waals surface area contributed by atoms with Crippen LogP contribution in [0.5, 0.6) is 0 Å². The van der Waals surface area contributed by atoms with Gasteiger partial charge in [-0.15, -0.1) is 11.8 Å². The number of ketones is 1. The van der Waals surface area contributed by atoms with Crippen LogP contribution in [0.25, 0.3) is 0 Å². The van der Waals surface area contributed by atoms with Crippen LogP contribution < -0.4 is 5.01 Å². The van der Waals surface area contributed by atoms with Gasteiger partial charge in [0.05, 0.1) is 5.69 Å². The van der Waals surface area contributed by atoms with Gasteiger partial charge in [0, 0.05) is 16.7 Å². The van der Waals surface area contributed by atoms with Crippen molar-refractivity contribution in [1.29, 1.82) is 0 Å². The highest BCUT2D eigenvalue weighted by Gasteiger charge is 2.55. The van der Waals surface area contributed by atoms with Gasteiger partial charge in [0.15, 0.2) is 0 Å². The van der Waals surface area contributed by atoms with Crippen molar-refractivity contribution in [2.45, 2.75) is 5.66 Å². The zero-order chi connectivity index (χ0) is 19.1. The molecule has 2 aliphatic rings. The van der Waals surface area contributed by atoms with E-state index in [1.165, 1.54) is 0 Å². The Morgan fingerprint density at radius 3 is 2.21 bits per heavy atom. The molecule has 0 fully saturated rings. The van der Waals surface area contributed by atoms with Crippen molar-refractivity contribution in [3.05, 3.63) is 102 Å². The second-order valence-corrected chi connectivity index (χ2v) is 7.43. The molecule has 2 aliphatic heterocycles. The number of hydrazone groups is 1. The maximum Gasteiger partial charge on any atom is 0.243 e. The molecule has 0 saturated heterocycles. The minimum Gasteiger partial charge on any atom is -0.287 e. The fraction of sp³-hybridized carbons (Fsp3) is 0.0870. The zero-order valence-corrected chi connectivity index (χ0v) is 16.1. The predicted molar refractivity (Wildman–Crippen MR) is 115 cm³/mol. The van der Waals surface area contributed by atoms with Crippen LogP contribution in [0.4, 0.5) is 5.69 Å². The van der Waals surface area contributed by atoms with Crippen molar-refractivity contribution in [3.63, 3.8) is 0 Å². The Balaban J connectivity index is 1.81. The van der Waals surface area contributed by atoms with Crippen molar-refractivity contribution in [2.24, 2.45) is 10.1 Å². The van der Waals surface area contributed by atoms with E-state index in [0.29, 0.717) is 5.71 Å². The molecular weight excluding hydrogens is 366 g/mol. The van der Waals surface area contributed by atoms with Crippen molar-refractivity contribution in [1.82, 2.24) is 0 Å². The number of thioether (sulfide) groups is 1. The summed E-state index contributed by atoms with van der Waals surface area (Å²) < 4.78 is 0. The quantitative estimate of drug-likeness (QED) is 0.656. The summed E-state index contributed by atoms with van der Waals surface area (Å²) >= 11 is 1.55. The SMILES string of the molecule is CSC1=N[C@]2(c3ccccc3)C(=O)C(c3ccccc3)=NN2c2ccccc21. The maximum absolute atomic E-state index is 13.8. The van der Waals surface area contributed by atoms with Gasteiger partial charge in [-0.2, -0.15) is 5.10 Å². The molecule has 0 radical (unpaired) electrons. The summed E-state index contributed by atoms with van der Waals surface area (Å²) in [7, 11) is 0. The Bertz CT molecular complexity index is 1120. The van der Waals surface area contributed by atoms with Gasteiger partial charge in [-0.25, -0.2) is 10.0 Å². The molecule has 5 rings (SSSR count). The molecule has 0 aromatic heterocycles. The lowest BCUT2D eigenvalue weighted by Crippen LogP contribution is -2.48. The Morgan fingerprint density at radius 1 is 0.857 bits per heavy atom. The second kappa shape index (κ2) is 6.46. The molecule has 5 heteroatoms. The predicted octanol–water partition coefficient (Wildman–Crippen LogP) is 4.46. The summed E-state index contributed by atoms with van der Waals surface area (Å²) in [5, 5.41) is 7.44. The molecule has 1 atom stereocenters. The molecule has 0 bridgehead atoms. The van der Waals surface area contributed by atoms with E-state index < -0.39 is 5.66 Å². The number of Topliss-reactive ketones (excluding diaryl/α,β-unsaturated/α-hetero) is 1. The molecule has 3 aromatic carbocycles. The molecule has 28 heavy (non-hydrogen) atoms. The van der Waals surface area contributed by atoms with E-state index in [9.17, 15) is 4.79 Å². The van der Waals surface area contributed by atoms with E-state index in [-0.39, 0.29) is 5.78 Å². The standard InChI is InChI=1S/C23H17N3OS/c1-28-22-18-14-8-9-15-19(18)26-23(24-22,17-12-6-3-7-13-17)21(27)20(25-26)16-10-4-2-5-11-16/h2-15H,1H3/t23-/m0/s1. The summed E-state index contributed by atoms with van der Waals surface area (Å²) in [4.78, 5) is 18.8. The smallest absolute Gasteiger partial charge is 0.243 e. The topological polar surface area (TPSA) is 45.0 Å². The average Bonchev–Trinajstić information content (AvgIpc) is 3.08. The fourth-order valence-corrected chi connectivity index (χ4v) is 4.40. The van der Waals surface area contributed by atoms with Gasteiger partial charge < -0.3 is 0 Å². The first-order valence-corrected chi connectivity index (χ1v) is 10.3. The molecule has 4 nitrogen and oxygen atoms in total. The van der Waals surface area contributed by atoms with Gasteiger partial charge in [-0.05, 0) is 12.3 Å². The number of aliphatic imine (C=N–C) groups is 1. The number of hydrogen-bond acceptors (Lipinski definition) is 5. The third-order valence-electron chi connectivity index (χ3n) is 5.08. The Kier molecular flexibility index (Phi) is 3.91. The largest absolute Gasteiger partial charge is 0.287 e. The van der Waals surface area contributed by atoms with Crippen LogP contribution >= 0.6 is 11.8 Å². The molecule has 0 N–H and O–H groups in total. The summed E-state index contributed by atoms with van der Waals surface area (Å²) in [5.74, 6) is -0.106. The summed E-state index contributed by atoms with van der Waals surface area (Å²) in [6, 6.07) is 27.3. The normalized spacial score (nSPS) is 20.3. The second-order valence-electron chi connectivity index (χ2n) is 6.63. The van der Waals surface area contributed by atoms with Crippen molar-refractivity contribution >= 4 is 34.0 Å². The zero-order valence-electron chi connectivity index (χ0n) is 15.2. The molecule has 0 unspecified atom stereocenters. The van der Waals surface area contributed by atoms with Gasteiger partial charge >= 0.3 is 0 Å². The van der Waals surface area contributed by atoms with Crippen LogP contribution in [0.15, 0.2) is 95.0 Å². The number of rotatable bonds is 2. The molecule has 2 heterocycles. The van der Waals surface area contributed by atoms with Gasteiger partial charge in [0.1, 0.15) is 10.8 Å². The number of fused-ring (bicyclic) bond motifs is 3. The Morgan fingerprint density at radius 2 is 1.50 bits per heavy atom. The molecule has 0 spiro atoms. The summed E-state index contributed by atoms with van der Waals surface area (Å²) in [6.07, 6.45) is 1.99. The van der Waals surface area contributed by atoms with Crippen LogP contribution in [0.3, 0.4) is 0 Å². The number of nitrogens with zero attached hydrogens (tertiary/aromatic N) is 3. The summed E-state index contributed by atoms with van der Waals surface area (Å²) in [6.45, 7) is 0. The molecule has 136 valence electrons. The molecular formula is C23H17N3OS. The van der Waals surface area contributed by atoms with E-state index in [4.69, 9.17) is 10.1 Å². The van der Waals surface area contributed by atoms with E-state index in [2.05, 4.69) is 0 Å². The highest BCUT2D eigenvalue weighted by atomic mass is 32.2. The first kappa shape index (κ1) is 17.0. The first-order valence-electron chi connectivity index (χ1n) is 9.03. The van der Waals surface area contributed by atoms with Crippen molar-refractivity contribution < 1.29 is 4.79 Å². The third kappa shape index (κ3) is 2.29. The van der Waals surface area contributed by atoms with Crippen LogP contribution in [0, 0.1) is 0 Å². The number of para-hydroxylation sites is 1. The molecule has 0 amide bonds. The minimum atomic E-state index is -1.21. The Hall–Kier alpha value is -3.18. The average molecular weight is 383 g/mol. The minimum absolute atomic E-state index is 0.106. The van der Waals surface area contributed by atoms with E-state index in [0.717, 1.165) is 27.4 Å². The number of hydrogen-bond donors (Lipinski definition) is 0. The number of carbonyl (C=O) groups excluding carboxylic acids is 1. The van der Waals surface area contributed by atoms with Gasteiger partial charge in [-0.1, -0.05) is 78.9 Å². The van der Waals surface area contributed by atoms with Crippen LogP contribution in [0.2, 0.25) is 0 Å². The maximum atomic E-state index is 13.8. The van der Waals surface area contributed by atoms with Crippen molar-refractivity contribution in [3.8, 4) is 0 Å². The monoisotopic (exact) mass is 383 g/mol. The van der Waals surface area contributed by atoms with Gasteiger partial charge in [0.2, 0.25) is 11.4 Å². The lowest BCUT2D eigenvalue weighted by atomic mass is 9.89. The van der Waals surface area contributed by atoms with Gasteiger partial charge in [-0.3, -0.25) is 4.79 Å². The first-order chi connectivity index (χ1) is 13.8. The van der Waals surface area contributed by atoms with Crippen molar-refractivity contribution in [2.75, 3.05) is 11.3 Å². The number of anilines is 1. The third-order valence-corrected chi connectivity index (χ3v) is 5.78. The van der Waals surface area contributed by atoms with E-state index in [1.807, 2.05) is 91.2 Å². The molecule has 0 aliphatic carbocycles. The summed E-state index contributed by atoms with van der Waals surface area (Å²) in [5.41, 5.74) is 2.73. The van der Waals surface area contributed by atoms with Crippen LogP contribution in [-0.4, -0.2) is 22.8 Å². The Labute approximate surface area is 167 Å². The molecule has 0 saturated carbocycles. The fourth-order valence-electron chi connectivity index (χ4n) is 3.78. The lowest BCUT2D eigenvalue weighted by molar-refractivity contribution is -0.117. The lowest BCUT2D eigenvalue weighted by Gasteiger charge is -2.38. The highest BCUT2D eigenvalue weighted by molar-refractivity contribution is 8.13. The number of carbonyl (C=O) groups is 1. The van der Waals surface area contributed by atoms with Crippen LogP contribution in [-0.2, 0) is 10.5 Å². The van der Waals surface area contributed by atoms with E-state index >= 15 is 0 Å².